The van der Waals surface area contributed by atoms with Crippen LogP contribution in [0.1, 0.15) is 27.6 Å². The second kappa shape index (κ2) is 11.4. The van der Waals surface area contributed by atoms with E-state index in [0.29, 0.717) is 41.0 Å². The van der Waals surface area contributed by atoms with E-state index in [2.05, 4.69) is 21.2 Å². The highest BCUT2D eigenvalue weighted by molar-refractivity contribution is 9.10. The molecule has 3 amide bonds. The third-order valence-electron chi connectivity index (χ3n) is 6.30. The number of ether oxygens (including phenoxy) is 1. The van der Waals surface area contributed by atoms with Crippen molar-refractivity contribution in [1.82, 2.24) is 15.1 Å². The first-order chi connectivity index (χ1) is 17.4. The van der Waals surface area contributed by atoms with E-state index in [9.17, 15) is 14.4 Å². The Morgan fingerprint density at radius 3 is 2.33 bits per heavy atom. The van der Waals surface area contributed by atoms with Gasteiger partial charge in [0.05, 0.1) is 19.2 Å². The van der Waals surface area contributed by atoms with Gasteiger partial charge in [0.2, 0.25) is 5.91 Å². The molecule has 0 saturated carbocycles. The predicted molar refractivity (Wildman–Crippen MR) is 142 cm³/mol. The van der Waals surface area contributed by atoms with Crippen molar-refractivity contribution < 1.29 is 19.1 Å². The minimum absolute atomic E-state index is 0.0959. The fraction of sp³-hybridized carbons (Fsp3) is 0.250. The molecule has 3 aromatic carbocycles. The van der Waals surface area contributed by atoms with E-state index in [1.54, 1.807) is 47.2 Å². The largest absolute Gasteiger partial charge is 0.497 e. The second-order valence-electron chi connectivity index (χ2n) is 8.66. The zero-order chi connectivity index (χ0) is 25.7. The van der Waals surface area contributed by atoms with Gasteiger partial charge >= 0.3 is 0 Å². The molecule has 186 valence electrons. The van der Waals surface area contributed by atoms with E-state index in [4.69, 9.17) is 4.74 Å². The first kappa shape index (κ1) is 25.4. The lowest BCUT2D eigenvalue weighted by Crippen LogP contribution is -2.56. The Hall–Kier alpha value is -3.65. The molecular weight excluding hydrogens is 522 g/mol. The Bertz CT molecular complexity index is 1250. The van der Waals surface area contributed by atoms with Crippen molar-refractivity contribution in [1.29, 1.82) is 0 Å². The lowest BCUT2D eigenvalue weighted by atomic mass is 10.0. The van der Waals surface area contributed by atoms with Crippen molar-refractivity contribution in [2.75, 3.05) is 33.3 Å². The number of methoxy groups -OCH3 is 1. The smallest absolute Gasteiger partial charge is 0.255 e. The van der Waals surface area contributed by atoms with Crippen LogP contribution in [-0.2, 0) is 4.79 Å². The van der Waals surface area contributed by atoms with Crippen LogP contribution in [0.25, 0.3) is 11.1 Å². The van der Waals surface area contributed by atoms with Crippen LogP contribution in [-0.4, -0.2) is 66.9 Å². The highest BCUT2D eigenvalue weighted by atomic mass is 79.9. The molecule has 1 atom stereocenters. The molecule has 1 aliphatic heterocycles. The Morgan fingerprint density at radius 2 is 1.67 bits per heavy atom. The average molecular weight is 550 g/mol. The third kappa shape index (κ3) is 5.76. The Kier molecular flexibility index (Phi) is 8.05. The van der Waals surface area contributed by atoms with Crippen LogP contribution in [0.15, 0.2) is 77.3 Å². The van der Waals surface area contributed by atoms with Crippen LogP contribution in [0.2, 0.25) is 0 Å². The number of halogens is 1. The standard InChI is InChI=1S/C28H28BrN3O4/c1-19-18-31(14-15-32(19)28(35)24-16-23(36-2)12-13-25(24)29)26(33)17-30-27(34)22-10-8-21(9-11-22)20-6-4-3-5-7-20/h3-13,16,19H,14-15,17-18H2,1-2H3,(H,30,34). The summed E-state index contributed by atoms with van der Waals surface area (Å²) in [5, 5.41) is 2.72. The van der Waals surface area contributed by atoms with Gasteiger partial charge in [0, 0.05) is 35.7 Å². The van der Waals surface area contributed by atoms with Crippen LogP contribution in [0.3, 0.4) is 0 Å². The number of hydrogen-bond acceptors (Lipinski definition) is 4. The topological polar surface area (TPSA) is 79.0 Å². The van der Waals surface area contributed by atoms with E-state index in [1.807, 2.05) is 49.4 Å². The van der Waals surface area contributed by atoms with Gasteiger partial charge in [-0.15, -0.1) is 0 Å². The quantitative estimate of drug-likeness (QED) is 0.499. The highest BCUT2D eigenvalue weighted by Gasteiger charge is 2.31. The second-order valence-corrected chi connectivity index (χ2v) is 9.51. The van der Waals surface area contributed by atoms with Crippen molar-refractivity contribution in [3.8, 4) is 16.9 Å². The molecule has 0 aromatic heterocycles. The SMILES string of the molecule is COc1ccc(Br)c(C(=O)N2CCN(C(=O)CNC(=O)c3ccc(-c4ccccc4)cc3)CC2C)c1. The number of hydrogen-bond donors (Lipinski definition) is 1. The van der Waals surface area contributed by atoms with Crippen molar-refractivity contribution in [2.45, 2.75) is 13.0 Å². The minimum atomic E-state index is -0.298. The van der Waals surface area contributed by atoms with E-state index in [1.165, 1.54) is 0 Å². The van der Waals surface area contributed by atoms with Gasteiger partial charge in [0.25, 0.3) is 11.8 Å². The number of carbonyl (C=O) groups excluding carboxylic acids is 3. The molecule has 1 unspecified atom stereocenters. The first-order valence-corrected chi connectivity index (χ1v) is 12.5. The van der Waals surface area contributed by atoms with Crippen LogP contribution in [0, 0.1) is 0 Å². The van der Waals surface area contributed by atoms with Gasteiger partial charge in [0.1, 0.15) is 5.75 Å². The molecule has 1 aliphatic rings. The van der Waals surface area contributed by atoms with Crippen LogP contribution < -0.4 is 10.1 Å². The normalized spacial score (nSPS) is 15.4. The summed E-state index contributed by atoms with van der Waals surface area (Å²) in [5.74, 6) is 0.0135. The molecule has 0 bridgehead atoms. The zero-order valence-corrected chi connectivity index (χ0v) is 21.8. The van der Waals surface area contributed by atoms with Crippen molar-refractivity contribution in [3.63, 3.8) is 0 Å². The molecule has 1 N–H and O–H groups in total. The number of piperazine rings is 1. The molecule has 1 fully saturated rings. The van der Waals surface area contributed by atoms with Gasteiger partial charge in [-0.3, -0.25) is 14.4 Å². The number of nitrogens with zero attached hydrogens (tertiary/aromatic N) is 2. The third-order valence-corrected chi connectivity index (χ3v) is 6.99. The van der Waals surface area contributed by atoms with E-state index in [0.717, 1.165) is 11.1 Å². The molecule has 3 aromatic rings. The van der Waals surface area contributed by atoms with E-state index >= 15 is 0 Å². The number of nitrogens with one attached hydrogen (secondary N) is 1. The predicted octanol–water partition coefficient (Wildman–Crippen LogP) is 4.23. The van der Waals surface area contributed by atoms with Gasteiger partial charge in [-0.2, -0.15) is 0 Å². The summed E-state index contributed by atoms with van der Waals surface area (Å²) in [6.07, 6.45) is 0. The molecule has 0 aliphatic carbocycles. The van der Waals surface area contributed by atoms with Crippen molar-refractivity contribution >= 4 is 33.7 Å². The molecule has 4 rings (SSSR count). The zero-order valence-electron chi connectivity index (χ0n) is 20.2. The van der Waals surface area contributed by atoms with Gasteiger partial charge < -0.3 is 19.9 Å². The number of rotatable bonds is 6. The van der Waals surface area contributed by atoms with Crippen LogP contribution in [0.4, 0.5) is 0 Å². The van der Waals surface area contributed by atoms with Gasteiger partial charge in [0.15, 0.2) is 0 Å². The molecular formula is C28H28BrN3O4. The van der Waals surface area contributed by atoms with Crippen molar-refractivity contribution in [3.05, 3.63) is 88.4 Å². The summed E-state index contributed by atoms with van der Waals surface area (Å²) in [4.78, 5) is 42.0. The maximum absolute atomic E-state index is 13.1. The molecule has 0 spiro atoms. The van der Waals surface area contributed by atoms with Gasteiger partial charge in [-0.1, -0.05) is 42.5 Å². The molecule has 8 heteroatoms. The Morgan fingerprint density at radius 1 is 0.972 bits per heavy atom. The van der Waals surface area contributed by atoms with E-state index < -0.39 is 0 Å². The highest BCUT2D eigenvalue weighted by Crippen LogP contribution is 2.25. The summed E-state index contributed by atoms with van der Waals surface area (Å²) < 4.78 is 5.94. The summed E-state index contributed by atoms with van der Waals surface area (Å²) in [6.45, 7) is 3.02. The molecule has 0 radical (unpaired) electrons. The van der Waals surface area contributed by atoms with Gasteiger partial charge in [-0.05, 0) is 64.3 Å². The maximum Gasteiger partial charge on any atom is 0.255 e. The maximum atomic E-state index is 13.1. The summed E-state index contributed by atoms with van der Waals surface area (Å²) in [5.41, 5.74) is 3.11. The molecule has 36 heavy (non-hydrogen) atoms. The summed E-state index contributed by atoms with van der Waals surface area (Å²) >= 11 is 3.44. The van der Waals surface area contributed by atoms with E-state index in [-0.39, 0.29) is 30.3 Å². The molecule has 1 saturated heterocycles. The molecule has 1 heterocycles. The summed E-state index contributed by atoms with van der Waals surface area (Å²) in [7, 11) is 1.56. The Balaban J connectivity index is 1.30. The minimum Gasteiger partial charge on any atom is -0.497 e. The number of carbonyl (C=O) groups is 3. The van der Waals surface area contributed by atoms with Gasteiger partial charge in [-0.25, -0.2) is 0 Å². The van der Waals surface area contributed by atoms with Crippen LogP contribution in [0.5, 0.6) is 5.75 Å². The number of benzene rings is 3. The number of amides is 3. The van der Waals surface area contributed by atoms with Crippen molar-refractivity contribution in [2.24, 2.45) is 0 Å². The average Bonchev–Trinajstić information content (AvgIpc) is 2.92. The molecule has 7 nitrogen and oxygen atoms in total. The lowest BCUT2D eigenvalue weighted by molar-refractivity contribution is -0.132. The Labute approximate surface area is 219 Å². The fourth-order valence-electron chi connectivity index (χ4n) is 4.25. The van der Waals surface area contributed by atoms with Crippen LogP contribution >= 0.6 is 15.9 Å². The summed E-state index contributed by atoms with van der Waals surface area (Å²) in [6, 6.07) is 22.3. The monoisotopic (exact) mass is 549 g/mol. The fourth-order valence-corrected chi connectivity index (χ4v) is 4.67. The first-order valence-electron chi connectivity index (χ1n) is 11.7. The lowest BCUT2D eigenvalue weighted by Gasteiger charge is -2.40.